The number of aromatic carboxylic acids is 1. The van der Waals surface area contributed by atoms with Crippen molar-refractivity contribution in [3.63, 3.8) is 0 Å². The van der Waals surface area contributed by atoms with E-state index in [0.29, 0.717) is 23.4 Å². The fraction of sp³-hybridized carbons (Fsp3) is 0.158. The van der Waals surface area contributed by atoms with Crippen molar-refractivity contribution in [2.24, 2.45) is 0 Å². The molecule has 0 saturated carbocycles. The highest BCUT2D eigenvalue weighted by atomic mass is 32.1. The van der Waals surface area contributed by atoms with Gasteiger partial charge in [-0.1, -0.05) is 12.1 Å². The molecule has 3 heterocycles. The summed E-state index contributed by atoms with van der Waals surface area (Å²) in [5, 5.41) is 16.6. The van der Waals surface area contributed by atoms with Gasteiger partial charge in [-0.15, -0.1) is 11.3 Å². The molecule has 7 heteroatoms. The maximum Gasteiger partial charge on any atom is 0.346 e. The number of nitrogens with one attached hydrogen (secondary N) is 1. The summed E-state index contributed by atoms with van der Waals surface area (Å²) >= 11 is 2.81. The largest absolute Gasteiger partial charge is 0.497 e. The number of carboxylic acids is 1. The second-order valence-electron chi connectivity index (χ2n) is 5.94. The van der Waals surface area contributed by atoms with E-state index < -0.39 is 5.97 Å². The van der Waals surface area contributed by atoms with Crippen molar-refractivity contribution in [2.45, 2.75) is 12.3 Å². The molecule has 1 aliphatic heterocycles. The standard InChI is InChI=1S/C19H15NO4S2/c1-24-12-4-2-10(3-5-12)15-16-17(26-18(15)19(22)23)13(8-14(21)20-16)11-6-7-25-9-11/h2-7,9,13H,8H2,1H3,(H,20,21)(H,22,23)/t13-/m1/s1. The average Bonchev–Trinajstić information content (AvgIpc) is 3.29. The molecule has 2 N–H and O–H groups in total. The summed E-state index contributed by atoms with van der Waals surface area (Å²) in [7, 11) is 1.58. The molecule has 26 heavy (non-hydrogen) atoms. The molecule has 3 aromatic rings. The number of methoxy groups -OCH3 is 1. The topological polar surface area (TPSA) is 75.6 Å². The lowest BCUT2D eigenvalue weighted by Crippen LogP contribution is -2.22. The Balaban J connectivity index is 1.91. The Bertz CT molecular complexity index is 974. The van der Waals surface area contributed by atoms with E-state index in [1.54, 1.807) is 30.6 Å². The minimum Gasteiger partial charge on any atom is -0.497 e. The van der Waals surface area contributed by atoms with Crippen LogP contribution in [0.5, 0.6) is 5.75 Å². The highest BCUT2D eigenvalue weighted by molar-refractivity contribution is 7.15. The Kier molecular flexibility index (Phi) is 4.26. The smallest absolute Gasteiger partial charge is 0.346 e. The summed E-state index contributed by atoms with van der Waals surface area (Å²) < 4.78 is 5.18. The first-order chi connectivity index (χ1) is 12.6. The Morgan fingerprint density at radius 2 is 2.04 bits per heavy atom. The van der Waals surface area contributed by atoms with E-state index in [9.17, 15) is 14.7 Å². The van der Waals surface area contributed by atoms with Crippen molar-refractivity contribution in [1.82, 2.24) is 0 Å². The van der Waals surface area contributed by atoms with E-state index in [0.717, 1.165) is 16.0 Å². The Labute approximate surface area is 157 Å². The first kappa shape index (κ1) is 16.8. The lowest BCUT2D eigenvalue weighted by molar-refractivity contribution is -0.116. The van der Waals surface area contributed by atoms with E-state index in [2.05, 4.69) is 5.32 Å². The van der Waals surface area contributed by atoms with Gasteiger partial charge in [0.05, 0.1) is 12.8 Å². The van der Waals surface area contributed by atoms with Crippen LogP contribution in [-0.4, -0.2) is 24.1 Å². The fourth-order valence-electron chi connectivity index (χ4n) is 3.21. The fourth-order valence-corrected chi connectivity index (χ4v) is 5.17. The zero-order valence-corrected chi connectivity index (χ0v) is 15.4. The molecule has 2 aromatic heterocycles. The Morgan fingerprint density at radius 1 is 1.27 bits per heavy atom. The molecule has 0 unspecified atom stereocenters. The van der Waals surface area contributed by atoms with Gasteiger partial charge in [0.25, 0.3) is 0 Å². The van der Waals surface area contributed by atoms with Gasteiger partial charge in [-0.25, -0.2) is 4.79 Å². The minimum absolute atomic E-state index is 0.0989. The average molecular weight is 385 g/mol. The molecule has 1 amide bonds. The third kappa shape index (κ3) is 2.79. The molecule has 0 bridgehead atoms. The monoisotopic (exact) mass is 385 g/mol. The highest BCUT2D eigenvalue weighted by Crippen LogP contribution is 2.49. The van der Waals surface area contributed by atoms with Gasteiger partial charge >= 0.3 is 5.97 Å². The Hall–Kier alpha value is -2.64. The van der Waals surface area contributed by atoms with E-state index in [4.69, 9.17) is 4.74 Å². The van der Waals surface area contributed by atoms with Gasteiger partial charge in [0.2, 0.25) is 5.91 Å². The molecular formula is C19H15NO4S2. The van der Waals surface area contributed by atoms with Crippen LogP contribution in [0.4, 0.5) is 5.69 Å². The number of thiophene rings is 2. The van der Waals surface area contributed by atoms with Crippen molar-refractivity contribution >= 4 is 40.2 Å². The van der Waals surface area contributed by atoms with Crippen LogP contribution in [0, 0.1) is 0 Å². The van der Waals surface area contributed by atoms with Crippen LogP contribution in [0.25, 0.3) is 11.1 Å². The summed E-state index contributed by atoms with van der Waals surface area (Å²) in [6, 6.07) is 9.19. The lowest BCUT2D eigenvalue weighted by Gasteiger charge is -2.23. The molecule has 1 aliphatic rings. The molecule has 1 atom stereocenters. The van der Waals surface area contributed by atoms with Gasteiger partial charge < -0.3 is 15.2 Å². The van der Waals surface area contributed by atoms with Crippen LogP contribution in [0.3, 0.4) is 0 Å². The normalized spacial score (nSPS) is 16.0. The van der Waals surface area contributed by atoms with E-state index in [1.165, 1.54) is 11.3 Å². The molecule has 0 radical (unpaired) electrons. The summed E-state index contributed by atoms with van der Waals surface area (Å²) in [4.78, 5) is 25.3. The number of hydrogen-bond acceptors (Lipinski definition) is 5. The third-order valence-electron chi connectivity index (χ3n) is 4.42. The van der Waals surface area contributed by atoms with Crippen LogP contribution in [-0.2, 0) is 4.79 Å². The van der Waals surface area contributed by atoms with Crippen molar-refractivity contribution in [1.29, 1.82) is 0 Å². The number of fused-ring (bicyclic) bond motifs is 1. The Morgan fingerprint density at radius 3 is 2.65 bits per heavy atom. The molecule has 132 valence electrons. The number of ether oxygens (including phenoxy) is 1. The summed E-state index contributed by atoms with van der Waals surface area (Å²) in [6.45, 7) is 0. The second kappa shape index (κ2) is 6.59. The summed E-state index contributed by atoms with van der Waals surface area (Å²) in [5.74, 6) is -0.512. The number of amides is 1. The van der Waals surface area contributed by atoms with Gasteiger partial charge in [0.1, 0.15) is 10.6 Å². The van der Waals surface area contributed by atoms with Crippen molar-refractivity contribution in [3.05, 3.63) is 56.4 Å². The molecule has 0 fully saturated rings. The quantitative estimate of drug-likeness (QED) is 0.685. The number of carbonyl (C=O) groups is 2. The molecule has 0 aliphatic carbocycles. The summed E-state index contributed by atoms with van der Waals surface area (Å²) in [6.07, 6.45) is 0.325. The van der Waals surface area contributed by atoms with Gasteiger partial charge in [0.15, 0.2) is 0 Å². The maximum absolute atomic E-state index is 12.3. The maximum atomic E-state index is 12.3. The van der Waals surface area contributed by atoms with Crippen LogP contribution in [0.15, 0.2) is 41.1 Å². The van der Waals surface area contributed by atoms with Crippen LogP contribution in [0.1, 0.15) is 32.5 Å². The molecule has 4 rings (SSSR count). The number of benzene rings is 1. The van der Waals surface area contributed by atoms with Gasteiger partial charge in [-0.05, 0) is 40.1 Å². The van der Waals surface area contributed by atoms with E-state index in [-0.39, 0.29) is 16.7 Å². The van der Waals surface area contributed by atoms with Gasteiger partial charge in [-0.3, -0.25) is 4.79 Å². The zero-order valence-electron chi connectivity index (χ0n) is 13.8. The molecule has 0 saturated heterocycles. The third-order valence-corrected chi connectivity index (χ3v) is 6.42. The van der Waals surface area contributed by atoms with Crippen LogP contribution in [0.2, 0.25) is 0 Å². The highest BCUT2D eigenvalue weighted by Gasteiger charge is 2.34. The van der Waals surface area contributed by atoms with Crippen molar-refractivity contribution < 1.29 is 19.4 Å². The minimum atomic E-state index is -0.992. The number of carbonyl (C=O) groups excluding carboxylic acids is 1. The second-order valence-corrected chi connectivity index (χ2v) is 7.77. The molecule has 0 spiro atoms. The zero-order chi connectivity index (χ0) is 18.3. The summed E-state index contributed by atoms with van der Waals surface area (Å²) in [5.41, 5.74) is 2.97. The number of rotatable bonds is 4. The predicted molar refractivity (Wildman–Crippen MR) is 103 cm³/mol. The number of hydrogen-bond donors (Lipinski definition) is 2. The van der Waals surface area contributed by atoms with Crippen molar-refractivity contribution in [3.8, 4) is 16.9 Å². The van der Waals surface area contributed by atoms with E-state index >= 15 is 0 Å². The number of carboxylic acid groups (broad SMARTS) is 1. The van der Waals surface area contributed by atoms with Crippen molar-refractivity contribution in [2.75, 3.05) is 12.4 Å². The molecule has 1 aromatic carbocycles. The van der Waals surface area contributed by atoms with Gasteiger partial charge in [-0.2, -0.15) is 11.3 Å². The first-order valence-corrected chi connectivity index (χ1v) is 9.70. The van der Waals surface area contributed by atoms with E-state index in [1.807, 2.05) is 29.0 Å². The van der Waals surface area contributed by atoms with Crippen LogP contribution < -0.4 is 10.1 Å². The SMILES string of the molecule is COc1ccc(-c2c(C(=O)O)sc3c2NC(=O)C[C@@H]3c2ccsc2)cc1. The molecular weight excluding hydrogens is 370 g/mol. The van der Waals surface area contributed by atoms with Crippen LogP contribution >= 0.6 is 22.7 Å². The predicted octanol–water partition coefficient (Wildman–Crippen LogP) is 4.66. The lowest BCUT2D eigenvalue weighted by atomic mass is 9.90. The van der Waals surface area contributed by atoms with Gasteiger partial charge in [0, 0.05) is 22.8 Å². The number of anilines is 1. The molecule has 5 nitrogen and oxygen atoms in total. The first-order valence-electron chi connectivity index (χ1n) is 7.95.